The molecule has 0 aliphatic carbocycles. The second kappa shape index (κ2) is 8.82. The SMILES string of the molecule is C[C@H](OC(=O)c1ccc(-n2cccn2)cc1)C(=O)N1CCN(c2ccccc2)CC1. The van der Waals surface area contributed by atoms with E-state index in [1.165, 1.54) is 0 Å². The van der Waals surface area contributed by atoms with E-state index in [0.29, 0.717) is 18.7 Å². The summed E-state index contributed by atoms with van der Waals surface area (Å²) in [7, 11) is 0. The van der Waals surface area contributed by atoms with Crippen LogP contribution >= 0.6 is 0 Å². The molecule has 0 saturated carbocycles. The number of amides is 1. The molecule has 1 saturated heterocycles. The highest BCUT2D eigenvalue weighted by atomic mass is 16.5. The van der Waals surface area contributed by atoms with E-state index in [1.807, 2.05) is 30.5 Å². The van der Waals surface area contributed by atoms with Gasteiger partial charge in [-0.3, -0.25) is 4.79 Å². The van der Waals surface area contributed by atoms with Gasteiger partial charge in [0.25, 0.3) is 5.91 Å². The summed E-state index contributed by atoms with van der Waals surface area (Å²) in [5.74, 6) is -0.671. The number of hydrogen-bond acceptors (Lipinski definition) is 5. The number of carbonyl (C=O) groups excluding carboxylic acids is 2. The van der Waals surface area contributed by atoms with Crippen molar-refractivity contribution in [2.45, 2.75) is 13.0 Å². The number of nitrogens with zero attached hydrogens (tertiary/aromatic N) is 4. The topological polar surface area (TPSA) is 67.7 Å². The Labute approximate surface area is 175 Å². The van der Waals surface area contributed by atoms with Gasteiger partial charge >= 0.3 is 5.97 Å². The van der Waals surface area contributed by atoms with Crippen LogP contribution in [-0.2, 0) is 9.53 Å². The number of hydrogen-bond donors (Lipinski definition) is 0. The second-order valence-corrected chi connectivity index (χ2v) is 7.19. The van der Waals surface area contributed by atoms with E-state index in [1.54, 1.807) is 47.0 Å². The van der Waals surface area contributed by atoms with Gasteiger partial charge in [-0.1, -0.05) is 18.2 Å². The van der Waals surface area contributed by atoms with Crippen LogP contribution in [0.3, 0.4) is 0 Å². The van der Waals surface area contributed by atoms with E-state index in [4.69, 9.17) is 4.74 Å². The minimum absolute atomic E-state index is 0.163. The molecule has 154 valence electrons. The van der Waals surface area contributed by atoms with Crippen LogP contribution in [-0.4, -0.2) is 58.8 Å². The zero-order chi connectivity index (χ0) is 20.9. The highest BCUT2D eigenvalue weighted by Crippen LogP contribution is 2.17. The summed E-state index contributed by atoms with van der Waals surface area (Å²) in [5, 5.41) is 4.16. The number of ether oxygens (including phenoxy) is 1. The summed E-state index contributed by atoms with van der Waals surface area (Å²) in [6, 6.07) is 18.9. The number of anilines is 1. The van der Waals surface area contributed by atoms with Gasteiger partial charge < -0.3 is 14.5 Å². The van der Waals surface area contributed by atoms with Crippen LogP contribution in [0.1, 0.15) is 17.3 Å². The van der Waals surface area contributed by atoms with Crippen LogP contribution in [0.25, 0.3) is 5.69 Å². The van der Waals surface area contributed by atoms with E-state index in [2.05, 4.69) is 22.1 Å². The minimum Gasteiger partial charge on any atom is -0.449 e. The fraction of sp³-hybridized carbons (Fsp3) is 0.261. The maximum absolute atomic E-state index is 12.7. The van der Waals surface area contributed by atoms with Gasteiger partial charge in [0, 0.05) is 44.3 Å². The van der Waals surface area contributed by atoms with Crippen molar-refractivity contribution in [3.63, 3.8) is 0 Å². The first-order valence-electron chi connectivity index (χ1n) is 10.0. The average molecular weight is 404 g/mol. The highest BCUT2D eigenvalue weighted by Gasteiger charge is 2.27. The Morgan fingerprint density at radius 2 is 1.60 bits per heavy atom. The van der Waals surface area contributed by atoms with Crippen LogP contribution in [0.15, 0.2) is 73.1 Å². The largest absolute Gasteiger partial charge is 0.449 e. The first-order chi connectivity index (χ1) is 14.6. The first kappa shape index (κ1) is 19.7. The summed E-state index contributed by atoms with van der Waals surface area (Å²) in [5.41, 5.74) is 2.40. The molecule has 0 N–H and O–H groups in total. The predicted octanol–water partition coefficient (Wildman–Crippen LogP) is 2.77. The Balaban J connectivity index is 1.30. The molecule has 1 aliphatic heterocycles. The van der Waals surface area contributed by atoms with Crippen molar-refractivity contribution in [2.75, 3.05) is 31.1 Å². The number of rotatable bonds is 5. The Kier molecular flexibility index (Phi) is 5.79. The normalized spacial score (nSPS) is 15.0. The van der Waals surface area contributed by atoms with Crippen molar-refractivity contribution >= 4 is 17.6 Å². The Morgan fingerprint density at radius 1 is 0.900 bits per heavy atom. The van der Waals surface area contributed by atoms with E-state index in [9.17, 15) is 9.59 Å². The lowest BCUT2D eigenvalue weighted by atomic mass is 10.2. The molecule has 0 bridgehead atoms. The summed E-state index contributed by atoms with van der Waals surface area (Å²) in [6.45, 7) is 4.35. The molecule has 1 fully saturated rings. The third-order valence-corrected chi connectivity index (χ3v) is 5.22. The summed E-state index contributed by atoms with van der Waals surface area (Å²) >= 11 is 0. The molecule has 1 atom stereocenters. The van der Waals surface area contributed by atoms with Crippen molar-refractivity contribution in [2.24, 2.45) is 0 Å². The molecule has 3 aromatic rings. The molecule has 1 aliphatic rings. The minimum atomic E-state index is -0.827. The van der Waals surface area contributed by atoms with Crippen molar-refractivity contribution in [1.82, 2.24) is 14.7 Å². The molecule has 1 amide bonds. The molecular weight excluding hydrogens is 380 g/mol. The second-order valence-electron chi connectivity index (χ2n) is 7.19. The maximum Gasteiger partial charge on any atom is 0.338 e. The van der Waals surface area contributed by atoms with Gasteiger partial charge in [-0.2, -0.15) is 5.10 Å². The smallest absolute Gasteiger partial charge is 0.338 e. The Morgan fingerprint density at radius 3 is 2.23 bits per heavy atom. The lowest BCUT2D eigenvalue weighted by Gasteiger charge is -2.37. The molecule has 7 nitrogen and oxygen atoms in total. The lowest BCUT2D eigenvalue weighted by Crippen LogP contribution is -2.51. The third kappa shape index (κ3) is 4.35. The monoisotopic (exact) mass is 404 g/mol. The number of para-hydroxylation sites is 1. The van der Waals surface area contributed by atoms with E-state index < -0.39 is 12.1 Å². The molecule has 7 heteroatoms. The molecule has 1 aromatic heterocycles. The number of piperazine rings is 1. The van der Waals surface area contributed by atoms with Gasteiger partial charge in [0.15, 0.2) is 6.10 Å². The predicted molar refractivity (Wildman–Crippen MR) is 114 cm³/mol. The number of carbonyl (C=O) groups is 2. The average Bonchev–Trinajstić information content (AvgIpc) is 3.34. The van der Waals surface area contributed by atoms with Crippen LogP contribution in [0, 0.1) is 0 Å². The zero-order valence-corrected chi connectivity index (χ0v) is 16.8. The van der Waals surface area contributed by atoms with Gasteiger partial charge in [0.05, 0.1) is 11.3 Å². The Hall–Kier alpha value is -3.61. The van der Waals surface area contributed by atoms with Crippen LogP contribution < -0.4 is 4.90 Å². The number of benzene rings is 2. The summed E-state index contributed by atoms with van der Waals surface area (Å²) in [6.07, 6.45) is 2.69. The fourth-order valence-electron chi connectivity index (χ4n) is 3.53. The van der Waals surface area contributed by atoms with Gasteiger partial charge in [0.1, 0.15) is 0 Å². The third-order valence-electron chi connectivity index (χ3n) is 5.22. The highest BCUT2D eigenvalue weighted by molar-refractivity contribution is 5.92. The van der Waals surface area contributed by atoms with Gasteiger partial charge in [-0.25, -0.2) is 9.48 Å². The zero-order valence-electron chi connectivity index (χ0n) is 16.8. The lowest BCUT2D eigenvalue weighted by molar-refractivity contribution is -0.140. The molecule has 30 heavy (non-hydrogen) atoms. The van der Waals surface area contributed by atoms with Crippen LogP contribution in [0.2, 0.25) is 0 Å². The van der Waals surface area contributed by atoms with Crippen molar-refractivity contribution < 1.29 is 14.3 Å². The molecule has 0 unspecified atom stereocenters. The van der Waals surface area contributed by atoms with Gasteiger partial charge in [0.2, 0.25) is 0 Å². The summed E-state index contributed by atoms with van der Waals surface area (Å²) in [4.78, 5) is 29.2. The molecule has 4 rings (SSSR count). The van der Waals surface area contributed by atoms with E-state index in [-0.39, 0.29) is 5.91 Å². The maximum atomic E-state index is 12.7. The molecule has 0 spiro atoms. The van der Waals surface area contributed by atoms with E-state index >= 15 is 0 Å². The van der Waals surface area contributed by atoms with Gasteiger partial charge in [-0.05, 0) is 49.4 Å². The Bertz CT molecular complexity index is 979. The first-order valence-corrected chi connectivity index (χ1v) is 10.0. The van der Waals surface area contributed by atoms with Gasteiger partial charge in [-0.15, -0.1) is 0 Å². The molecular formula is C23H24N4O3. The standard InChI is InChI=1S/C23H24N4O3/c1-18(22(28)26-16-14-25(15-17-26)20-6-3-2-4-7-20)30-23(29)19-8-10-21(11-9-19)27-13-5-12-24-27/h2-13,18H,14-17H2,1H3/t18-/m0/s1. The van der Waals surface area contributed by atoms with Crippen molar-refractivity contribution in [3.05, 3.63) is 78.6 Å². The van der Waals surface area contributed by atoms with E-state index in [0.717, 1.165) is 24.5 Å². The number of esters is 1. The van der Waals surface area contributed by atoms with Crippen molar-refractivity contribution in [1.29, 1.82) is 0 Å². The number of aromatic nitrogens is 2. The summed E-state index contributed by atoms with van der Waals surface area (Å²) < 4.78 is 7.13. The van der Waals surface area contributed by atoms with Crippen molar-refractivity contribution in [3.8, 4) is 5.69 Å². The quantitative estimate of drug-likeness (QED) is 0.612. The van der Waals surface area contributed by atoms with Crippen LogP contribution in [0.5, 0.6) is 0 Å². The molecule has 2 aromatic carbocycles. The molecule has 2 heterocycles. The molecule has 0 radical (unpaired) electrons. The van der Waals surface area contributed by atoms with Crippen LogP contribution in [0.4, 0.5) is 5.69 Å². The fourth-order valence-corrected chi connectivity index (χ4v) is 3.53.